The summed E-state index contributed by atoms with van der Waals surface area (Å²) < 4.78 is 5.30. The molecule has 0 bridgehead atoms. The molecule has 4 heteroatoms. The molecular formula is C12H14ClNOS. The van der Waals surface area contributed by atoms with Crippen molar-refractivity contribution in [2.75, 3.05) is 7.11 Å². The lowest BCUT2D eigenvalue weighted by Crippen LogP contribution is -2.01. The van der Waals surface area contributed by atoms with Crippen LogP contribution < -0.4 is 10.5 Å². The van der Waals surface area contributed by atoms with Gasteiger partial charge in [0.2, 0.25) is 0 Å². The lowest BCUT2D eigenvalue weighted by atomic mass is 10.0. The molecule has 0 unspecified atom stereocenters. The molecule has 0 aliphatic carbocycles. The average Bonchev–Trinajstić information content (AvgIpc) is 2.81. The molecule has 0 amide bonds. The van der Waals surface area contributed by atoms with Gasteiger partial charge in [-0.05, 0) is 34.0 Å². The zero-order valence-electron chi connectivity index (χ0n) is 8.97. The lowest BCUT2D eigenvalue weighted by Gasteiger charge is -2.11. The zero-order chi connectivity index (χ0) is 10.7. The number of hydrogen-bond donors (Lipinski definition) is 1. The molecule has 16 heavy (non-hydrogen) atoms. The maximum absolute atomic E-state index is 5.76. The van der Waals surface area contributed by atoms with E-state index in [2.05, 4.69) is 22.9 Å². The third kappa shape index (κ3) is 2.38. The molecule has 0 saturated carbocycles. The van der Waals surface area contributed by atoms with Crippen molar-refractivity contribution in [3.05, 3.63) is 40.6 Å². The normalized spacial score (nSPS) is 9.62. The lowest BCUT2D eigenvalue weighted by molar-refractivity contribution is 0.410. The van der Waals surface area contributed by atoms with E-state index < -0.39 is 0 Å². The Morgan fingerprint density at radius 2 is 2.12 bits per heavy atom. The van der Waals surface area contributed by atoms with Gasteiger partial charge in [0.25, 0.3) is 0 Å². The second-order valence-corrected chi connectivity index (χ2v) is 3.98. The first-order valence-electron chi connectivity index (χ1n) is 4.75. The average molecular weight is 256 g/mol. The number of halogens is 1. The molecule has 0 spiro atoms. The van der Waals surface area contributed by atoms with Crippen LogP contribution >= 0.6 is 23.7 Å². The minimum atomic E-state index is 0. The number of methoxy groups -OCH3 is 1. The summed E-state index contributed by atoms with van der Waals surface area (Å²) in [5, 5.41) is 4.18. The minimum absolute atomic E-state index is 0. The van der Waals surface area contributed by atoms with E-state index in [-0.39, 0.29) is 12.4 Å². The van der Waals surface area contributed by atoms with Crippen LogP contribution in [-0.2, 0) is 6.54 Å². The second kappa shape index (κ2) is 5.89. The molecule has 0 fully saturated rings. The Labute approximate surface area is 105 Å². The first-order chi connectivity index (χ1) is 7.36. The molecule has 1 heterocycles. The van der Waals surface area contributed by atoms with Gasteiger partial charge in [0.05, 0.1) is 7.11 Å². The highest BCUT2D eigenvalue weighted by Crippen LogP contribution is 2.31. The Balaban J connectivity index is 0.00000128. The summed E-state index contributed by atoms with van der Waals surface area (Å²) in [6.07, 6.45) is 0. The molecule has 2 nitrogen and oxygen atoms in total. The highest BCUT2D eigenvalue weighted by Gasteiger charge is 2.08. The van der Waals surface area contributed by atoms with Gasteiger partial charge in [-0.3, -0.25) is 0 Å². The number of thiophene rings is 1. The summed E-state index contributed by atoms with van der Waals surface area (Å²) in [6.45, 7) is 0.495. The van der Waals surface area contributed by atoms with Gasteiger partial charge in [-0.1, -0.05) is 12.1 Å². The Bertz CT molecular complexity index is 442. The van der Waals surface area contributed by atoms with Crippen LogP contribution in [0.2, 0.25) is 0 Å². The summed E-state index contributed by atoms with van der Waals surface area (Å²) in [5.41, 5.74) is 9.20. The van der Waals surface area contributed by atoms with Crippen LogP contribution in [0.3, 0.4) is 0 Å². The SMILES string of the molecule is COc1cccc(-c2ccsc2)c1CN.Cl. The van der Waals surface area contributed by atoms with E-state index in [0.29, 0.717) is 6.54 Å². The number of benzene rings is 1. The molecule has 1 aromatic carbocycles. The van der Waals surface area contributed by atoms with Crippen molar-refractivity contribution < 1.29 is 4.74 Å². The number of ether oxygens (including phenoxy) is 1. The fourth-order valence-electron chi connectivity index (χ4n) is 1.66. The summed E-state index contributed by atoms with van der Waals surface area (Å²) in [7, 11) is 1.67. The van der Waals surface area contributed by atoms with Gasteiger partial charge in [0.1, 0.15) is 5.75 Å². The van der Waals surface area contributed by atoms with E-state index >= 15 is 0 Å². The van der Waals surface area contributed by atoms with Gasteiger partial charge in [-0.15, -0.1) is 12.4 Å². The van der Waals surface area contributed by atoms with Crippen LogP contribution in [0.5, 0.6) is 5.75 Å². The Kier molecular flexibility index (Phi) is 4.80. The van der Waals surface area contributed by atoms with Crippen molar-refractivity contribution in [3.63, 3.8) is 0 Å². The van der Waals surface area contributed by atoms with Crippen LogP contribution in [-0.4, -0.2) is 7.11 Å². The summed E-state index contributed by atoms with van der Waals surface area (Å²) in [5.74, 6) is 0.862. The molecule has 2 rings (SSSR count). The Morgan fingerprint density at radius 3 is 2.69 bits per heavy atom. The van der Waals surface area contributed by atoms with Crippen LogP contribution in [0.25, 0.3) is 11.1 Å². The number of hydrogen-bond acceptors (Lipinski definition) is 3. The van der Waals surface area contributed by atoms with Gasteiger partial charge in [0, 0.05) is 12.1 Å². The minimum Gasteiger partial charge on any atom is -0.496 e. The van der Waals surface area contributed by atoms with E-state index in [1.54, 1.807) is 18.4 Å². The van der Waals surface area contributed by atoms with E-state index in [1.165, 1.54) is 5.56 Å². The molecule has 2 N–H and O–H groups in total. The maximum atomic E-state index is 5.76. The maximum Gasteiger partial charge on any atom is 0.123 e. The molecule has 0 atom stereocenters. The Morgan fingerprint density at radius 1 is 1.31 bits per heavy atom. The molecule has 0 radical (unpaired) electrons. The number of nitrogens with two attached hydrogens (primary N) is 1. The zero-order valence-corrected chi connectivity index (χ0v) is 10.6. The van der Waals surface area contributed by atoms with Gasteiger partial charge in [-0.25, -0.2) is 0 Å². The van der Waals surface area contributed by atoms with Crippen LogP contribution in [0.15, 0.2) is 35.0 Å². The monoisotopic (exact) mass is 255 g/mol. The third-order valence-corrected chi connectivity index (χ3v) is 3.07. The van der Waals surface area contributed by atoms with Crippen molar-refractivity contribution in [1.82, 2.24) is 0 Å². The summed E-state index contributed by atoms with van der Waals surface area (Å²) >= 11 is 1.69. The molecule has 86 valence electrons. The van der Waals surface area contributed by atoms with Crippen LogP contribution in [0.1, 0.15) is 5.56 Å². The predicted molar refractivity (Wildman–Crippen MR) is 71.4 cm³/mol. The highest BCUT2D eigenvalue weighted by molar-refractivity contribution is 7.08. The van der Waals surface area contributed by atoms with E-state index in [0.717, 1.165) is 16.9 Å². The van der Waals surface area contributed by atoms with E-state index in [4.69, 9.17) is 10.5 Å². The van der Waals surface area contributed by atoms with E-state index in [9.17, 15) is 0 Å². The van der Waals surface area contributed by atoms with E-state index in [1.807, 2.05) is 12.1 Å². The smallest absolute Gasteiger partial charge is 0.123 e. The van der Waals surface area contributed by atoms with Crippen LogP contribution in [0, 0.1) is 0 Å². The largest absolute Gasteiger partial charge is 0.496 e. The topological polar surface area (TPSA) is 35.2 Å². The Hall–Kier alpha value is -1.03. The predicted octanol–water partition coefficient (Wildman–Crippen LogP) is 3.30. The molecule has 0 aliphatic rings. The van der Waals surface area contributed by atoms with Crippen molar-refractivity contribution in [3.8, 4) is 16.9 Å². The van der Waals surface area contributed by atoms with Gasteiger partial charge in [0.15, 0.2) is 0 Å². The molecular weight excluding hydrogens is 242 g/mol. The van der Waals surface area contributed by atoms with Crippen molar-refractivity contribution in [1.29, 1.82) is 0 Å². The standard InChI is InChI=1S/C12H13NOS.ClH/c1-14-12-4-2-3-10(11(12)7-13)9-5-6-15-8-9;/h2-6,8H,7,13H2,1H3;1H. The molecule has 0 saturated heterocycles. The fraction of sp³-hybridized carbons (Fsp3) is 0.167. The molecule has 0 aliphatic heterocycles. The highest BCUT2D eigenvalue weighted by atomic mass is 35.5. The summed E-state index contributed by atoms with van der Waals surface area (Å²) in [6, 6.07) is 8.11. The van der Waals surface area contributed by atoms with Crippen molar-refractivity contribution in [2.24, 2.45) is 5.73 Å². The first kappa shape index (κ1) is 13.0. The second-order valence-electron chi connectivity index (χ2n) is 3.20. The van der Waals surface area contributed by atoms with Crippen molar-refractivity contribution >= 4 is 23.7 Å². The van der Waals surface area contributed by atoms with Crippen LogP contribution in [0.4, 0.5) is 0 Å². The number of rotatable bonds is 3. The fourth-order valence-corrected chi connectivity index (χ4v) is 2.31. The molecule has 2 aromatic rings. The van der Waals surface area contributed by atoms with Gasteiger partial charge < -0.3 is 10.5 Å². The molecule has 1 aromatic heterocycles. The van der Waals surface area contributed by atoms with Gasteiger partial charge >= 0.3 is 0 Å². The van der Waals surface area contributed by atoms with Gasteiger partial charge in [-0.2, -0.15) is 11.3 Å². The quantitative estimate of drug-likeness (QED) is 0.913. The van der Waals surface area contributed by atoms with Crippen molar-refractivity contribution in [2.45, 2.75) is 6.54 Å². The third-order valence-electron chi connectivity index (χ3n) is 2.39. The first-order valence-corrected chi connectivity index (χ1v) is 5.69. The summed E-state index contributed by atoms with van der Waals surface area (Å²) in [4.78, 5) is 0.